The van der Waals surface area contributed by atoms with Crippen LogP contribution < -0.4 is 9.47 Å². The van der Waals surface area contributed by atoms with E-state index in [1.165, 1.54) is 0 Å². The Morgan fingerprint density at radius 1 is 1.13 bits per heavy atom. The number of hydrogen-bond acceptors (Lipinski definition) is 6. The highest BCUT2D eigenvalue weighted by atomic mass is 79.9. The number of Topliss-reactive ketones (excluding diaryl/α,β-unsaturated/α-hetero) is 1. The minimum absolute atomic E-state index is 0.00943. The van der Waals surface area contributed by atoms with Crippen LogP contribution in [0, 0.1) is 0 Å². The fourth-order valence-electron chi connectivity index (χ4n) is 2.89. The Bertz CT molecular complexity index is 1030. The maximum atomic E-state index is 12.8. The lowest BCUT2D eigenvalue weighted by molar-refractivity contribution is -0.122. The number of carbonyl (C=O) groups is 3. The van der Waals surface area contributed by atoms with Gasteiger partial charge in [0.25, 0.3) is 11.1 Å². The van der Waals surface area contributed by atoms with E-state index in [0.717, 1.165) is 21.1 Å². The molecule has 1 saturated heterocycles. The molecule has 162 valence electrons. The summed E-state index contributed by atoms with van der Waals surface area (Å²) in [6, 6.07) is 12.1. The molecule has 0 bridgehead atoms. The van der Waals surface area contributed by atoms with E-state index in [4.69, 9.17) is 9.47 Å². The summed E-state index contributed by atoms with van der Waals surface area (Å²) in [7, 11) is 0. The molecular weight excluding hydrogens is 482 g/mol. The molecule has 0 spiro atoms. The molecule has 2 aromatic carbocycles. The zero-order valence-corrected chi connectivity index (χ0v) is 19.8. The van der Waals surface area contributed by atoms with Crippen LogP contribution in [0.4, 0.5) is 4.79 Å². The smallest absolute Gasteiger partial charge is 0.293 e. The standard InChI is InChI=1S/C23H22BrNO5S/c1-4-29-20-11-15(5-10-19(20)30-14(2)3)12-21-22(27)25(23(28)31-21)13-18(26)16-6-8-17(24)9-7-16/h5-12,14H,4,13H2,1-3H3/b21-12+. The van der Waals surface area contributed by atoms with Gasteiger partial charge >= 0.3 is 0 Å². The summed E-state index contributed by atoms with van der Waals surface area (Å²) in [6.07, 6.45) is 1.61. The Labute approximate surface area is 193 Å². The molecule has 0 aliphatic carbocycles. The van der Waals surface area contributed by atoms with E-state index in [2.05, 4.69) is 15.9 Å². The van der Waals surface area contributed by atoms with Gasteiger partial charge in [-0.15, -0.1) is 0 Å². The van der Waals surface area contributed by atoms with Gasteiger partial charge in [-0.25, -0.2) is 0 Å². The van der Waals surface area contributed by atoms with Gasteiger partial charge in [0.05, 0.1) is 24.2 Å². The average molecular weight is 504 g/mol. The van der Waals surface area contributed by atoms with E-state index >= 15 is 0 Å². The molecule has 0 N–H and O–H groups in total. The quantitative estimate of drug-likeness (QED) is 0.347. The van der Waals surface area contributed by atoms with E-state index in [-0.39, 0.29) is 23.3 Å². The van der Waals surface area contributed by atoms with E-state index in [0.29, 0.717) is 29.2 Å². The van der Waals surface area contributed by atoms with Crippen molar-refractivity contribution in [2.24, 2.45) is 0 Å². The number of carbonyl (C=O) groups excluding carboxylic acids is 3. The molecule has 6 nitrogen and oxygen atoms in total. The van der Waals surface area contributed by atoms with Gasteiger partial charge < -0.3 is 9.47 Å². The molecule has 8 heteroatoms. The Balaban J connectivity index is 1.78. The molecule has 31 heavy (non-hydrogen) atoms. The number of imide groups is 1. The van der Waals surface area contributed by atoms with Crippen LogP contribution in [0.15, 0.2) is 51.8 Å². The van der Waals surface area contributed by atoms with Gasteiger partial charge in [0.1, 0.15) is 0 Å². The molecule has 0 atom stereocenters. The van der Waals surface area contributed by atoms with Crippen LogP contribution in [0.1, 0.15) is 36.7 Å². The van der Waals surface area contributed by atoms with Gasteiger partial charge in [0.15, 0.2) is 17.3 Å². The summed E-state index contributed by atoms with van der Waals surface area (Å²) >= 11 is 4.13. The fraction of sp³-hybridized carbons (Fsp3) is 0.261. The second-order valence-electron chi connectivity index (χ2n) is 7.00. The van der Waals surface area contributed by atoms with Crippen molar-refractivity contribution in [2.45, 2.75) is 26.9 Å². The average Bonchev–Trinajstić information content (AvgIpc) is 2.97. The van der Waals surface area contributed by atoms with Crippen molar-refractivity contribution in [2.75, 3.05) is 13.2 Å². The molecule has 1 aliphatic rings. The lowest BCUT2D eigenvalue weighted by Crippen LogP contribution is -2.33. The van der Waals surface area contributed by atoms with Gasteiger partial charge in [0, 0.05) is 10.0 Å². The first-order valence-electron chi connectivity index (χ1n) is 9.76. The maximum Gasteiger partial charge on any atom is 0.293 e. The topological polar surface area (TPSA) is 72.9 Å². The van der Waals surface area contributed by atoms with Crippen LogP contribution in [0.2, 0.25) is 0 Å². The first kappa shape index (κ1) is 23.1. The summed E-state index contributed by atoms with van der Waals surface area (Å²) in [5.41, 5.74) is 1.14. The summed E-state index contributed by atoms with van der Waals surface area (Å²) in [6.45, 7) is 5.89. The Morgan fingerprint density at radius 2 is 1.84 bits per heavy atom. The zero-order valence-electron chi connectivity index (χ0n) is 17.4. The van der Waals surface area contributed by atoms with E-state index in [1.54, 1.807) is 48.5 Å². The number of halogens is 1. The second kappa shape index (κ2) is 10.2. The predicted octanol–water partition coefficient (Wildman–Crippen LogP) is 5.55. The summed E-state index contributed by atoms with van der Waals surface area (Å²) in [4.78, 5) is 38.9. The third kappa shape index (κ3) is 5.77. The molecular formula is C23H22BrNO5S. The van der Waals surface area contributed by atoms with Crippen LogP contribution in [0.3, 0.4) is 0 Å². The van der Waals surface area contributed by atoms with Crippen LogP contribution in [-0.2, 0) is 4.79 Å². The summed E-state index contributed by atoms with van der Waals surface area (Å²) < 4.78 is 12.2. The molecule has 3 rings (SSSR count). The van der Waals surface area contributed by atoms with E-state index in [9.17, 15) is 14.4 Å². The van der Waals surface area contributed by atoms with Crippen LogP contribution in [0.5, 0.6) is 11.5 Å². The summed E-state index contributed by atoms with van der Waals surface area (Å²) in [5.74, 6) is 0.391. The van der Waals surface area contributed by atoms with Gasteiger partial charge in [0.2, 0.25) is 0 Å². The normalized spacial score (nSPS) is 15.1. The number of hydrogen-bond donors (Lipinski definition) is 0. The molecule has 1 heterocycles. The van der Waals surface area contributed by atoms with Gasteiger partial charge in [-0.2, -0.15) is 0 Å². The monoisotopic (exact) mass is 503 g/mol. The third-order valence-corrected chi connectivity index (χ3v) is 5.71. The SMILES string of the molecule is CCOc1cc(/C=C2/SC(=O)N(CC(=O)c3ccc(Br)cc3)C2=O)ccc1OC(C)C. The zero-order chi connectivity index (χ0) is 22.5. The first-order chi connectivity index (χ1) is 14.8. The Hall–Kier alpha value is -2.58. The Kier molecular flexibility index (Phi) is 7.56. The molecule has 1 aliphatic heterocycles. The molecule has 1 fully saturated rings. The number of thioether (sulfide) groups is 1. The first-order valence-corrected chi connectivity index (χ1v) is 11.4. The molecule has 0 saturated carbocycles. The van der Waals surface area contributed by atoms with Crippen LogP contribution >= 0.6 is 27.7 Å². The van der Waals surface area contributed by atoms with Crippen LogP contribution in [0.25, 0.3) is 6.08 Å². The number of benzene rings is 2. The number of amides is 2. The maximum absolute atomic E-state index is 12.8. The van der Waals surface area contributed by atoms with Crippen molar-refractivity contribution in [3.63, 3.8) is 0 Å². The lowest BCUT2D eigenvalue weighted by Gasteiger charge is -2.15. The molecule has 0 radical (unpaired) electrons. The van der Waals surface area contributed by atoms with Gasteiger partial charge in [-0.3, -0.25) is 19.3 Å². The number of nitrogens with zero attached hydrogens (tertiary/aromatic N) is 1. The van der Waals surface area contributed by atoms with Crippen molar-refractivity contribution in [1.82, 2.24) is 4.90 Å². The molecule has 0 aromatic heterocycles. The number of rotatable bonds is 8. The van der Waals surface area contributed by atoms with Crippen molar-refractivity contribution >= 4 is 50.7 Å². The van der Waals surface area contributed by atoms with Gasteiger partial charge in [-0.1, -0.05) is 34.1 Å². The Morgan fingerprint density at radius 3 is 2.48 bits per heavy atom. The van der Waals surface area contributed by atoms with Crippen molar-refractivity contribution in [1.29, 1.82) is 0 Å². The van der Waals surface area contributed by atoms with E-state index in [1.807, 2.05) is 20.8 Å². The van der Waals surface area contributed by atoms with Crippen molar-refractivity contribution in [3.8, 4) is 11.5 Å². The molecule has 2 amide bonds. The minimum Gasteiger partial charge on any atom is -0.490 e. The molecule has 2 aromatic rings. The highest BCUT2D eigenvalue weighted by Gasteiger charge is 2.36. The minimum atomic E-state index is -0.485. The second-order valence-corrected chi connectivity index (χ2v) is 8.91. The summed E-state index contributed by atoms with van der Waals surface area (Å²) in [5, 5.41) is -0.466. The van der Waals surface area contributed by atoms with Crippen LogP contribution in [-0.4, -0.2) is 41.1 Å². The number of ether oxygens (including phenoxy) is 2. The van der Waals surface area contributed by atoms with Crippen molar-refractivity contribution in [3.05, 3.63) is 63.0 Å². The largest absolute Gasteiger partial charge is 0.490 e. The highest BCUT2D eigenvalue weighted by molar-refractivity contribution is 9.10. The van der Waals surface area contributed by atoms with Crippen molar-refractivity contribution < 1.29 is 23.9 Å². The van der Waals surface area contributed by atoms with Gasteiger partial charge in [-0.05, 0) is 68.4 Å². The third-order valence-electron chi connectivity index (χ3n) is 4.27. The number of ketones is 1. The molecule has 0 unspecified atom stereocenters. The fourth-order valence-corrected chi connectivity index (χ4v) is 4.00. The lowest BCUT2D eigenvalue weighted by atomic mass is 10.1. The predicted molar refractivity (Wildman–Crippen MR) is 125 cm³/mol. The van der Waals surface area contributed by atoms with E-state index < -0.39 is 11.1 Å². The highest BCUT2D eigenvalue weighted by Crippen LogP contribution is 2.35.